The highest BCUT2D eigenvalue weighted by Crippen LogP contribution is 2.32. The molecule has 1 saturated heterocycles. The molecule has 3 rings (SSSR count). The van der Waals surface area contributed by atoms with E-state index in [1.165, 1.54) is 0 Å². The van der Waals surface area contributed by atoms with Crippen molar-refractivity contribution < 1.29 is 4.79 Å². The number of rotatable bonds is 3. The van der Waals surface area contributed by atoms with Gasteiger partial charge in [0.2, 0.25) is 5.91 Å². The number of hydrogen-bond acceptors (Lipinski definition) is 3. The Labute approximate surface area is 136 Å². The minimum Gasteiger partial charge on any atom is -0.342 e. The summed E-state index contributed by atoms with van der Waals surface area (Å²) in [5, 5.41) is 9.51. The fourth-order valence-electron chi connectivity index (χ4n) is 3.22. The zero-order chi connectivity index (χ0) is 16.2. The molecule has 1 amide bonds. The maximum atomic E-state index is 11.9. The second-order valence-electron chi connectivity index (χ2n) is 5.87. The molecule has 2 aromatic carbocycles. The van der Waals surface area contributed by atoms with Crippen LogP contribution in [0.5, 0.6) is 0 Å². The summed E-state index contributed by atoms with van der Waals surface area (Å²) in [6.45, 7) is 0.689. The highest BCUT2D eigenvalue weighted by atomic mass is 16.2. The molecule has 4 heteroatoms. The number of hydrogen-bond donors (Lipinski definition) is 0. The van der Waals surface area contributed by atoms with Crippen LogP contribution in [0.3, 0.4) is 0 Å². The first-order valence-corrected chi connectivity index (χ1v) is 7.71. The summed E-state index contributed by atoms with van der Waals surface area (Å²) in [4.78, 5) is 15.3. The van der Waals surface area contributed by atoms with Crippen molar-refractivity contribution in [2.45, 2.75) is 12.0 Å². The van der Waals surface area contributed by atoms with Crippen LogP contribution in [0.2, 0.25) is 0 Å². The number of nitrogens with zero attached hydrogens (tertiary/aromatic N) is 3. The molecule has 1 fully saturated rings. The van der Waals surface area contributed by atoms with E-state index >= 15 is 0 Å². The van der Waals surface area contributed by atoms with E-state index < -0.39 is 0 Å². The smallest absolute Gasteiger partial charge is 0.242 e. The van der Waals surface area contributed by atoms with Gasteiger partial charge >= 0.3 is 0 Å². The van der Waals surface area contributed by atoms with E-state index in [9.17, 15) is 10.1 Å². The van der Waals surface area contributed by atoms with Gasteiger partial charge in [-0.25, -0.2) is 0 Å². The molecule has 0 N–H and O–H groups in total. The first kappa shape index (κ1) is 15.1. The van der Waals surface area contributed by atoms with Crippen LogP contribution in [0.15, 0.2) is 60.7 Å². The van der Waals surface area contributed by atoms with E-state index in [0.717, 1.165) is 11.1 Å². The topological polar surface area (TPSA) is 47.3 Å². The fourth-order valence-corrected chi connectivity index (χ4v) is 3.22. The lowest BCUT2D eigenvalue weighted by Crippen LogP contribution is -2.55. The van der Waals surface area contributed by atoms with Gasteiger partial charge in [0.1, 0.15) is 6.54 Å². The van der Waals surface area contributed by atoms with Crippen LogP contribution in [0.25, 0.3) is 0 Å². The van der Waals surface area contributed by atoms with Crippen molar-refractivity contribution in [3.05, 3.63) is 71.8 Å². The van der Waals surface area contributed by atoms with Crippen molar-refractivity contribution in [3.8, 4) is 6.19 Å². The maximum absolute atomic E-state index is 11.9. The predicted molar refractivity (Wildman–Crippen MR) is 88.5 cm³/mol. The van der Waals surface area contributed by atoms with E-state index in [2.05, 4.69) is 30.5 Å². The van der Waals surface area contributed by atoms with E-state index in [4.69, 9.17) is 0 Å². The molecular formula is C19H19N3O. The quantitative estimate of drug-likeness (QED) is 0.818. The second-order valence-corrected chi connectivity index (χ2v) is 5.87. The lowest BCUT2D eigenvalue weighted by molar-refractivity contribution is -0.135. The number of benzene rings is 2. The molecule has 0 aromatic heterocycles. The first-order valence-electron chi connectivity index (χ1n) is 7.71. The van der Waals surface area contributed by atoms with Crippen LogP contribution in [0.4, 0.5) is 0 Å². The highest BCUT2D eigenvalue weighted by molar-refractivity contribution is 5.79. The summed E-state index contributed by atoms with van der Waals surface area (Å²) < 4.78 is 0. The minimum atomic E-state index is -0.0625. The van der Waals surface area contributed by atoms with E-state index in [-0.39, 0.29) is 24.4 Å². The summed E-state index contributed by atoms with van der Waals surface area (Å²) >= 11 is 0. The van der Waals surface area contributed by atoms with E-state index in [1.54, 1.807) is 16.8 Å². The van der Waals surface area contributed by atoms with Crippen molar-refractivity contribution in [2.24, 2.45) is 0 Å². The minimum absolute atomic E-state index is 0.0114. The maximum Gasteiger partial charge on any atom is 0.242 e. The van der Waals surface area contributed by atoms with Crippen molar-refractivity contribution >= 4 is 5.91 Å². The fraction of sp³-hybridized carbons (Fsp3) is 0.263. The standard InChI is InChI=1S/C19H19N3O/c1-21-12-17(22(14-20)13-18(21)23)19(15-8-4-2-5-9-15)16-10-6-3-7-11-16/h2-11,17,19H,12-13H2,1H3. The van der Waals surface area contributed by atoms with E-state index in [0.29, 0.717) is 6.54 Å². The van der Waals surface area contributed by atoms with Crippen molar-refractivity contribution in [2.75, 3.05) is 20.1 Å². The SMILES string of the molecule is CN1CC(C(c2ccccc2)c2ccccc2)N(C#N)CC1=O. The lowest BCUT2D eigenvalue weighted by Gasteiger charge is -2.41. The Morgan fingerprint density at radius 2 is 1.57 bits per heavy atom. The third-order valence-electron chi connectivity index (χ3n) is 4.42. The Kier molecular flexibility index (Phi) is 4.29. The molecule has 4 nitrogen and oxygen atoms in total. The number of amides is 1. The summed E-state index contributed by atoms with van der Waals surface area (Å²) in [5.41, 5.74) is 2.32. The van der Waals surface area contributed by atoms with Crippen LogP contribution < -0.4 is 0 Å². The summed E-state index contributed by atoms with van der Waals surface area (Å²) in [7, 11) is 1.80. The molecule has 1 heterocycles. The predicted octanol–water partition coefficient (Wildman–Crippen LogP) is 2.44. The van der Waals surface area contributed by atoms with Crippen molar-refractivity contribution in [1.82, 2.24) is 9.80 Å². The molecule has 0 saturated carbocycles. The zero-order valence-corrected chi connectivity index (χ0v) is 13.1. The molecule has 0 bridgehead atoms. The molecule has 1 aliphatic heterocycles. The Morgan fingerprint density at radius 3 is 2.04 bits per heavy atom. The molecule has 1 aliphatic rings. The van der Waals surface area contributed by atoms with Gasteiger partial charge in [0.05, 0.1) is 6.04 Å². The zero-order valence-electron chi connectivity index (χ0n) is 13.1. The van der Waals surface area contributed by atoms with Crippen LogP contribution >= 0.6 is 0 Å². The molecule has 23 heavy (non-hydrogen) atoms. The van der Waals surface area contributed by atoms with Crippen LogP contribution in [0, 0.1) is 11.5 Å². The lowest BCUT2D eigenvalue weighted by atomic mass is 9.83. The Morgan fingerprint density at radius 1 is 1.04 bits per heavy atom. The Hall–Kier alpha value is -2.80. The van der Waals surface area contributed by atoms with Crippen molar-refractivity contribution in [1.29, 1.82) is 5.26 Å². The van der Waals surface area contributed by atoms with Crippen LogP contribution in [0.1, 0.15) is 17.0 Å². The van der Waals surface area contributed by atoms with Gasteiger partial charge < -0.3 is 4.90 Å². The first-order chi connectivity index (χ1) is 11.2. The van der Waals surface area contributed by atoms with E-state index in [1.807, 2.05) is 36.4 Å². The molecule has 0 spiro atoms. The third kappa shape index (κ3) is 3.04. The summed E-state index contributed by atoms with van der Waals surface area (Å²) in [6, 6.07) is 20.3. The normalized spacial score (nSPS) is 18.1. The molecule has 116 valence electrons. The largest absolute Gasteiger partial charge is 0.342 e. The number of nitriles is 1. The molecule has 0 aliphatic carbocycles. The summed E-state index contributed by atoms with van der Waals surface area (Å²) in [6.07, 6.45) is 2.21. The highest BCUT2D eigenvalue weighted by Gasteiger charge is 2.36. The average Bonchev–Trinajstić information content (AvgIpc) is 2.60. The van der Waals surface area contributed by atoms with Gasteiger partial charge in [-0.15, -0.1) is 0 Å². The van der Waals surface area contributed by atoms with Gasteiger partial charge in [0.15, 0.2) is 6.19 Å². The molecule has 1 unspecified atom stereocenters. The van der Waals surface area contributed by atoms with Crippen LogP contribution in [-0.4, -0.2) is 41.9 Å². The van der Waals surface area contributed by atoms with Crippen molar-refractivity contribution in [3.63, 3.8) is 0 Å². The molecule has 1 atom stereocenters. The number of carbonyl (C=O) groups excluding carboxylic acids is 1. The van der Waals surface area contributed by atoms with Gasteiger partial charge in [-0.3, -0.25) is 9.69 Å². The Bertz CT molecular complexity index is 669. The van der Waals surface area contributed by atoms with Gasteiger partial charge in [0, 0.05) is 19.5 Å². The monoisotopic (exact) mass is 305 g/mol. The summed E-state index contributed by atoms with van der Waals surface area (Å²) in [5.74, 6) is 0.0373. The third-order valence-corrected chi connectivity index (χ3v) is 4.42. The second kappa shape index (κ2) is 6.53. The molecular weight excluding hydrogens is 286 g/mol. The molecule has 2 aromatic rings. The average molecular weight is 305 g/mol. The number of likely N-dealkylation sites (N-methyl/N-ethyl adjacent to an activating group) is 1. The molecule has 0 radical (unpaired) electrons. The van der Waals surface area contributed by atoms with Crippen LogP contribution in [-0.2, 0) is 4.79 Å². The number of piperazine rings is 1. The van der Waals surface area contributed by atoms with Gasteiger partial charge in [-0.1, -0.05) is 60.7 Å². The van der Waals surface area contributed by atoms with Gasteiger partial charge in [-0.2, -0.15) is 5.26 Å². The van der Waals surface area contributed by atoms with Gasteiger partial charge in [0.25, 0.3) is 0 Å². The Balaban J connectivity index is 2.05. The number of carbonyl (C=O) groups is 1. The van der Waals surface area contributed by atoms with Gasteiger partial charge in [-0.05, 0) is 11.1 Å².